The van der Waals surface area contributed by atoms with Crippen molar-refractivity contribution in [2.45, 2.75) is 32.2 Å². The fraction of sp³-hybridized carbons (Fsp3) is 0.643. The van der Waals surface area contributed by atoms with Gasteiger partial charge in [-0.3, -0.25) is 0 Å². The first-order chi connectivity index (χ1) is 9.31. The van der Waals surface area contributed by atoms with E-state index in [0.29, 0.717) is 11.8 Å². The molecule has 19 heavy (non-hydrogen) atoms. The number of hydrogen-bond donors (Lipinski definition) is 1. The molecular weight excluding hydrogens is 238 g/mol. The van der Waals surface area contributed by atoms with Gasteiger partial charge in [0, 0.05) is 17.8 Å². The number of nitrogens with one attached hydrogen (secondary N) is 1. The molecule has 4 atom stereocenters. The molecule has 3 saturated carbocycles. The number of nitrogens with zero attached hydrogens (tertiary/aromatic N) is 4. The summed E-state index contributed by atoms with van der Waals surface area (Å²) < 4.78 is 1.82. The monoisotopic (exact) mass is 255 g/mol. The molecule has 5 heteroatoms. The predicted octanol–water partition coefficient (Wildman–Crippen LogP) is 1.89. The molecule has 2 heterocycles. The van der Waals surface area contributed by atoms with E-state index in [-0.39, 0.29) is 0 Å². The van der Waals surface area contributed by atoms with Crippen LogP contribution in [0.1, 0.15) is 25.0 Å². The van der Waals surface area contributed by atoms with Gasteiger partial charge < -0.3 is 5.32 Å². The first-order valence-corrected chi connectivity index (χ1v) is 7.25. The van der Waals surface area contributed by atoms with Gasteiger partial charge in [-0.05, 0) is 49.9 Å². The van der Waals surface area contributed by atoms with Crippen LogP contribution in [0.4, 0.5) is 5.82 Å². The van der Waals surface area contributed by atoms with Crippen LogP contribution >= 0.6 is 0 Å². The fourth-order valence-corrected chi connectivity index (χ4v) is 4.72. The molecule has 0 spiro atoms. The molecule has 0 aromatic carbocycles. The van der Waals surface area contributed by atoms with Gasteiger partial charge in [-0.15, -0.1) is 0 Å². The highest BCUT2D eigenvalue weighted by Crippen LogP contribution is 2.66. The summed E-state index contributed by atoms with van der Waals surface area (Å²) >= 11 is 0. The Morgan fingerprint density at radius 2 is 2.05 bits per heavy atom. The molecule has 0 aliphatic heterocycles. The normalized spacial score (nSPS) is 38.7. The van der Waals surface area contributed by atoms with E-state index < -0.39 is 0 Å². The number of aromatic nitrogens is 4. The average molecular weight is 255 g/mol. The number of hydrogen-bond acceptors (Lipinski definition) is 4. The molecule has 3 aliphatic carbocycles. The molecule has 2 bridgehead atoms. The number of fused-ring (bicyclic) bond motifs is 6. The third-order valence-electron chi connectivity index (χ3n) is 5.43. The van der Waals surface area contributed by atoms with Gasteiger partial charge >= 0.3 is 0 Å². The van der Waals surface area contributed by atoms with Gasteiger partial charge in [0.05, 0.1) is 0 Å². The standard InChI is InChI=1S/C14H17N5/c1-7-4-10(19-14(17-7)15-6-16-19)18-13-11-8-2-3-9(5-8)12(11)13/h4,6,8-9,11-13,18H,2-3,5H2,1H3. The van der Waals surface area contributed by atoms with Crippen LogP contribution in [-0.2, 0) is 0 Å². The summed E-state index contributed by atoms with van der Waals surface area (Å²) in [7, 11) is 0. The van der Waals surface area contributed by atoms with Gasteiger partial charge in [-0.25, -0.2) is 4.98 Å². The lowest BCUT2D eigenvalue weighted by Gasteiger charge is -2.12. The molecule has 1 N–H and O–H groups in total. The van der Waals surface area contributed by atoms with E-state index in [2.05, 4.69) is 26.4 Å². The van der Waals surface area contributed by atoms with E-state index in [9.17, 15) is 0 Å². The Labute approximate surface area is 111 Å². The maximum atomic E-state index is 4.39. The summed E-state index contributed by atoms with van der Waals surface area (Å²) in [5, 5.41) is 7.98. The Kier molecular flexibility index (Phi) is 1.75. The Balaban J connectivity index is 1.49. The molecule has 0 amide bonds. The lowest BCUT2D eigenvalue weighted by Crippen LogP contribution is -2.15. The van der Waals surface area contributed by atoms with Crippen molar-refractivity contribution in [1.82, 2.24) is 19.6 Å². The third kappa shape index (κ3) is 1.28. The second-order valence-corrected chi connectivity index (χ2v) is 6.41. The number of anilines is 1. The van der Waals surface area contributed by atoms with E-state index >= 15 is 0 Å². The maximum Gasteiger partial charge on any atom is 0.254 e. The van der Waals surface area contributed by atoms with Crippen molar-refractivity contribution in [3.8, 4) is 0 Å². The van der Waals surface area contributed by atoms with Crippen molar-refractivity contribution in [2.75, 3.05) is 5.32 Å². The Hall–Kier alpha value is -1.65. The molecule has 5 nitrogen and oxygen atoms in total. The Bertz CT molecular complexity index is 647. The molecule has 98 valence electrons. The van der Waals surface area contributed by atoms with Crippen molar-refractivity contribution < 1.29 is 0 Å². The second-order valence-electron chi connectivity index (χ2n) is 6.41. The number of aryl methyl sites for hydroxylation is 1. The minimum Gasteiger partial charge on any atom is -0.367 e. The summed E-state index contributed by atoms with van der Waals surface area (Å²) in [5.74, 6) is 5.56. The van der Waals surface area contributed by atoms with Gasteiger partial charge in [-0.2, -0.15) is 14.6 Å². The van der Waals surface area contributed by atoms with Gasteiger partial charge in [0.1, 0.15) is 12.1 Å². The Morgan fingerprint density at radius 1 is 1.26 bits per heavy atom. The van der Waals surface area contributed by atoms with Crippen molar-refractivity contribution in [1.29, 1.82) is 0 Å². The summed E-state index contributed by atoms with van der Waals surface area (Å²) in [6.07, 6.45) is 5.97. The van der Waals surface area contributed by atoms with E-state index in [1.165, 1.54) is 19.3 Å². The zero-order valence-electron chi connectivity index (χ0n) is 11.0. The molecular formula is C14H17N5. The average Bonchev–Trinajstić information content (AvgIpc) is 2.81. The molecule has 0 saturated heterocycles. The van der Waals surface area contributed by atoms with Crippen LogP contribution in [0.15, 0.2) is 12.4 Å². The van der Waals surface area contributed by atoms with Crippen molar-refractivity contribution >= 4 is 11.6 Å². The van der Waals surface area contributed by atoms with Crippen molar-refractivity contribution in [2.24, 2.45) is 23.7 Å². The van der Waals surface area contributed by atoms with Crippen LogP contribution < -0.4 is 5.32 Å². The fourth-order valence-electron chi connectivity index (χ4n) is 4.72. The number of rotatable bonds is 2. The van der Waals surface area contributed by atoms with Crippen LogP contribution in [0, 0.1) is 30.6 Å². The minimum absolute atomic E-state index is 0.667. The largest absolute Gasteiger partial charge is 0.367 e. The zero-order chi connectivity index (χ0) is 12.6. The molecule has 2 aromatic heterocycles. The van der Waals surface area contributed by atoms with Crippen molar-refractivity contribution in [3.63, 3.8) is 0 Å². The van der Waals surface area contributed by atoms with E-state index in [0.717, 1.165) is 35.2 Å². The molecule has 3 aliphatic rings. The first kappa shape index (κ1) is 10.2. The SMILES string of the molecule is Cc1cc(NC2C3C4CCC(C4)C23)n2ncnc2n1. The summed E-state index contributed by atoms with van der Waals surface area (Å²) in [6, 6.07) is 2.75. The first-order valence-electron chi connectivity index (χ1n) is 7.25. The van der Waals surface area contributed by atoms with Gasteiger partial charge in [-0.1, -0.05) is 0 Å². The topological polar surface area (TPSA) is 55.1 Å². The van der Waals surface area contributed by atoms with E-state index in [1.807, 2.05) is 11.4 Å². The highest BCUT2D eigenvalue weighted by Gasteiger charge is 2.65. The highest BCUT2D eigenvalue weighted by atomic mass is 15.4. The van der Waals surface area contributed by atoms with Crippen LogP contribution in [0.2, 0.25) is 0 Å². The summed E-state index contributed by atoms with van der Waals surface area (Å²) in [4.78, 5) is 8.57. The minimum atomic E-state index is 0.667. The molecule has 3 fully saturated rings. The summed E-state index contributed by atoms with van der Waals surface area (Å²) in [5.41, 5.74) is 0.997. The van der Waals surface area contributed by atoms with Crippen molar-refractivity contribution in [3.05, 3.63) is 18.1 Å². The second kappa shape index (κ2) is 3.26. The summed E-state index contributed by atoms with van der Waals surface area (Å²) in [6.45, 7) is 2.01. The predicted molar refractivity (Wildman–Crippen MR) is 70.7 cm³/mol. The van der Waals surface area contributed by atoms with Gasteiger partial charge in [0.2, 0.25) is 0 Å². The maximum absolute atomic E-state index is 4.39. The third-order valence-corrected chi connectivity index (χ3v) is 5.43. The van der Waals surface area contributed by atoms with Crippen LogP contribution in [0.5, 0.6) is 0 Å². The molecule has 0 radical (unpaired) electrons. The lowest BCUT2D eigenvalue weighted by molar-refractivity contribution is 0.456. The van der Waals surface area contributed by atoms with E-state index in [4.69, 9.17) is 0 Å². The molecule has 5 rings (SSSR count). The van der Waals surface area contributed by atoms with Gasteiger partial charge in [0.15, 0.2) is 0 Å². The van der Waals surface area contributed by atoms with Crippen LogP contribution in [-0.4, -0.2) is 25.6 Å². The van der Waals surface area contributed by atoms with Gasteiger partial charge in [0.25, 0.3) is 5.78 Å². The zero-order valence-corrected chi connectivity index (χ0v) is 11.0. The lowest BCUT2D eigenvalue weighted by atomic mass is 10.0. The molecule has 4 unspecified atom stereocenters. The molecule has 2 aromatic rings. The smallest absolute Gasteiger partial charge is 0.254 e. The Morgan fingerprint density at radius 3 is 2.84 bits per heavy atom. The van der Waals surface area contributed by atoms with Crippen LogP contribution in [0.3, 0.4) is 0 Å². The quantitative estimate of drug-likeness (QED) is 0.890. The van der Waals surface area contributed by atoms with Crippen LogP contribution in [0.25, 0.3) is 5.78 Å². The van der Waals surface area contributed by atoms with E-state index in [1.54, 1.807) is 6.33 Å². The highest BCUT2D eigenvalue weighted by molar-refractivity contribution is 5.47.